The number of sulfonamides is 1. The van der Waals surface area contributed by atoms with Gasteiger partial charge in [0.05, 0.1) is 19.8 Å². The maximum atomic E-state index is 12.9. The lowest BCUT2D eigenvalue weighted by molar-refractivity contribution is 0.00446. The van der Waals surface area contributed by atoms with E-state index >= 15 is 0 Å². The Morgan fingerprint density at radius 1 is 1.41 bits per heavy atom. The molecule has 0 bridgehead atoms. The average molecular weight is 332 g/mol. The Hall–Kier alpha value is -1.42. The molecule has 1 aromatic rings. The van der Waals surface area contributed by atoms with Crippen molar-refractivity contribution in [1.82, 2.24) is 4.31 Å². The smallest absolute Gasteiger partial charge is 0.342 e. The van der Waals surface area contributed by atoms with E-state index in [2.05, 4.69) is 4.74 Å². The molecule has 1 unspecified atom stereocenters. The quantitative estimate of drug-likeness (QED) is 0.774. The lowest BCUT2D eigenvalue weighted by Crippen LogP contribution is -2.48. The van der Waals surface area contributed by atoms with Crippen LogP contribution >= 0.6 is 0 Å². The van der Waals surface area contributed by atoms with Gasteiger partial charge in [-0.3, -0.25) is 0 Å². The first-order chi connectivity index (χ1) is 10.3. The predicted octanol–water partition coefficient (Wildman–Crippen LogP) is 0.0312. The Kier molecular flexibility index (Phi) is 4.90. The molecule has 0 radical (unpaired) electrons. The van der Waals surface area contributed by atoms with Crippen LogP contribution in [0.25, 0.3) is 0 Å². The average Bonchev–Trinajstić information content (AvgIpc) is 2.81. The largest absolute Gasteiger partial charge is 0.465 e. The molecule has 9 heteroatoms. The number of carbonyl (C=O) groups excluding carboxylic acids is 1. The van der Waals surface area contributed by atoms with Crippen molar-refractivity contribution in [1.29, 1.82) is 0 Å². The number of aryl methyl sites for hydroxylation is 2. The van der Waals surface area contributed by atoms with Crippen LogP contribution in [0.3, 0.4) is 0 Å². The molecule has 1 aliphatic heterocycles. The molecule has 1 atom stereocenters. The van der Waals surface area contributed by atoms with Crippen LogP contribution in [0.4, 0.5) is 0 Å². The Bertz CT molecular complexity index is 666. The molecule has 2 heterocycles. The highest BCUT2D eigenvalue weighted by Gasteiger charge is 2.37. The summed E-state index contributed by atoms with van der Waals surface area (Å²) in [5.41, 5.74) is 5.48. The highest BCUT2D eigenvalue weighted by atomic mass is 32.2. The van der Waals surface area contributed by atoms with Gasteiger partial charge in [-0.2, -0.15) is 4.31 Å². The van der Waals surface area contributed by atoms with E-state index in [-0.39, 0.29) is 54.3 Å². The SMILES string of the molecule is COC(=O)c1c(C)oc(C)c1S(=O)(=O)N1CCOC(CN)C1. The van der Waals surface area contributed by atoms with E-state index in [1.54, 1.807) is 0 Å². The highest BCUT2D eigenvalue weighted by Crippen LogP contribution is 2.30. The van der Waals surface area contributed by atoms with Crippen molar-refractivity contribution in [2.24, 2.45) is 5.73 Å². The summed E-state index contributed by atoms with van der Waals surface area (Å²) in [7, 11) is -2.70. The first-order valence-electron chi connectivity index (χ1n) is 6.83. The van der Waals surface area contributed by atoms with E-state index in [4.69, 9.17) is 14.9 Å². The van der Waals surface area contributed by atoms with Crippen molar-refractivity contribution in [2.45, 2.75) is 24.8 Å². The third kappa shape index (κ3) is 2.89. The molecule has 1 saturated heterocycles. The Morgan fingerprint density at radius 3 is 2.68 bits per heavy atom. The van der Waals surface area contributed by atoms with Crippen LogP contribution in [0.1, 0.15) is 21.9 Å². The summed E-state index contributed by atoms with van der Waals surface area (Å²) in [5.74, 6) is -0.364. The van der Waals surface area contributed by atoms with Crippen molar-refractivity contribution < 1.29 is 27.1 Å². The topological polar surface area (TPSA) is 112 Å². The lowest BCUT2D eigenvalue weighted by atomic mass is 10.2. The van der Waals surface area contributed by atoms with Crippen LogP contribution in [0.2, 0.25) is 0 Å². The van der Waals surface area contributed by atoms with E-state index in [0.29, 0.717) is 0 Å². The zero-order valence-corrected chi connectivity index (χ0v) is 13.6. The van der Waals surface area contributed by atoms with Crippen LogP contribution in [-0.2, 0) is 19.5 Å². The van der Waals surface area contributed by atoms with Crippen LogP contribution in [0, 0.1) is 13.8 Å². The minimum absolute atomic E-state index is 0.0595. The Labute approximate surface area is 129 Å². The standard InChI is InChI=1S/C13H20N2O6S/c1-8-11(13(16)19-3)12(9(2)21-8)22(17,18)15-4-5-20-10(6-14)7-15/h10H,4-7,14H2,1-3H3. The molecular formula is C13H20N2O6S. The van der Waals surface area contributed by atoms with Gasteiger partial charge in [0, 0.05) is 19.6 Å². The number of nitrogens with two attached hydrogens (primary N) is 1. The predicted molar refractivity (Wildman–Crippen MR) is 77.1 cm³/mol. The molecule has 22 heavy (non-hydrogen) atoms. The molecule has 8 nitrogen and oxygen atoms in total. The summed E-state index contributed by atoms with van der Waals surface area (Å²) in [6.07, 6.45) is -0.363. The fraction of sp³-hybridized carbons (Fsp3) is 0.615. The third-order valence-corrected chi connectivity index (χ3v) is 5.58. The Balaban J connectivity index is 2.48. The van der Waals surface area contributed by atoms with Crippen LogP contribution in [-0.4, -0.2) is 58.1 Å². The molecule has 1 fully saturated rings. The van der Waals surface area contributed by atoms with Gasteiger partial charge in [-0.15, -0.1) is 0 Å². The molecule has 2 rings (SSSR count). The molecule has 0 saturated carbocycles. The minimum atomic E-state index is -3.90. The second-order valence-corrected chi connectivity index (χ2v) is 6.88. The normalized spacial score (nSPS) is 20.1. The molecule has 0 aromatic carbocycles. The monoisotopic (exact) mass is 332 g/mol. The van der Waals surface area contributed by atoms with E-state index in [1.165, 1.54) is 25.3 Å². The minimum Gasteiger partial charge on any atom is -0.465 e. The summed E-state index contributed by atoms with van der Waals surface area (Å²) in [5, 5.41) is 0. The molecule has 0 aliphatic carbocycles. The van der Waals surface area contributed by atoms with Crippen molar-refractivity contribution in [3.05, 3.63) is 17.1 Å². The van der Waals surface area contributed by atoms with Crippen LogP contribution in [0.15, 0.2) is 9.31 Å². The lowest BCUT2D eigenvalue weighted by Gasteiger charge is -2.31. The number of hydrogen-bond acceptors (Lipinski definition) is 7. The fourth-order valence-electron chi connectivity index (χ4n) is 2.49. The maximum Gasteiger partial charge on any atom is 0.342 e. The molecular weight excluding hydrogens is 312 g/mol. The van der Waals surface area contributed by atoms with E-state index < -0.39 is 16.0 Å². The summed E-state index contributed by atoms with van der Waals surface area (Å²) in [4.78, 5) is 11.8. The van der Waals surface area contributed by atoms with E-state index in [9.17, 15) is 13.2 Å². The van der Waals surface area contributed by atoms with Gasteiger partial charge in [0.1, 0.15) is 22.0 Å². The summed E-state index contributed by atoms with van der Waals surface area (Å²) >= 11 is 0. The number of ether oxygens (including phenoxy) is 2. The number of furan rings is 1. The second kappa shape index (κ2) is 6.37. The van der Waals surface area contributed by atoms with Gasteiger partial charge in [-0.1, -0.05) is 0 Å². The van der Waals surface area contributed by atoms with Gasteiger partial charge in [-0.25, -0.2) is 13.2 Å². The second-order valence-electron chi connectivity index (χ2n) is 5.00. The number of nitrogens with zero attached hydrogens (tertiary/aromatic N) is 1. The van der Waals surface area contributed by atoms with Crippen LogP contribution in [0.5, 0.6) is 0 Å². The van der Waals surface area contributed by atoms with Crippen molar-refractivity contribution in [3.63, 3.8) is 0 Å². The van der Waals surface area contributed by atoms with Crippen molar-refractivity contribution in [3.8, 4) is 0 Å². The molecule has 124 valence electrons. The number of morpholine rings is 1. The number of rotatable bonds is 4. The van der Waals surface area contributed by atoms with Gasteiger partial charge in [0.2, 0.25) is 10.0 Å². The number of methoxy groups -OCH3 is 1. The zero-order valence-electron chi connectivity index (χ0n) is 12.8. The van der Waals surface area contributed by atoms with Gasteiger partial charge >= 0.3 is 5.97 Å². The summed E-state index contributed by atoms with van der Waals surface area (Å²) in [6, 6.07) is 0. The molecule has 0 spiro atoms. The van der Waals surface area contributed by atoms with Crippen molar-refractivity contribution >= 4 is 16.0 Å². The summed E-state index contributed by atoms with van der Waals surface area (Å²) < 4.78 is 42.4. The number of hydrogen-bond donors (Lipinski definition) is 1. The van der Waals surface area contributed by atoms with Gasteiger partial charge in [-0.05, 0) is 13.8 Å². The van der Waals surface area contributed by atoms with Gasteiger partial charge in [0.25, 0.3) is 0 Å². The van der Waals surface area contributed by atoms with Crippen molar-refractivity contribution in [2.75, 3.05) is 33.4 Å². The molecule has 1 aromatic heterocycles. The van der Waals surface area contributed by atoms with E-state index in [1.807, 2.05) is 0 Å². The zero-order chi connectivity index (χ0) is 16.5. The highest BCUT2D eigenvalue weighted by molar-refractivity contribution is 7.89. The molecule has 1 aliphatic rings. The number of esters is 1. The Morgan fingerprint density at radius 2 is 2.09 bits per heavy atom. The van der Waals surface area contributed by atoms with Crippen LogP contribution < -0.4 is 5.73 Å². The van der Waals surface area contributed by atoms with Gasteiger partial charge < -0.3 is 19.6 Å². The third-order valence-electron chi connectivity index (χ3n) is 3.56. The van der Waals surface area contributed by atoms with E-state index in [0.717, 1.165) is 0 Å². The first-order valence-corrected chi connectivity index (χ1v) is 8.27. The molecule has 2 N–H and O–H groups in total. The fourth-order valence-corrected chi connectivity index (χ4v) is 4.32. The molecule has 0 amide bonds. The van der Waals surface area contributed by atoms with Gasteiger partial charge in [0.15, 0.2) is 0 Å². The summed E-state index contributed by atoms with van der Waals surface area (Å²) in [6.45, 7) is 3.85. The first kappa shape index (κ1) is 16.9. The maximum absolute atomic E-state index is 12.9. The number of carbonyl (C=O) groups is 1.